The highest BCUT2D eigenvalue weighted by Gasteiger charge is 2.15. The monoisotopic (exact) mass is 291 g/mol. The Morgan fingerprint density at radius 1 is 1.05 bits per heavy atom. The summed E-state index contributed by atoms with van der Waals surface area (Å²) in [6.07, 6.45) is -0.0525. The van der Waals surface area contributed by atoms with Crippen LogP contribution in [0.5, 0.6) is 0 Å². The average molecular weight is 291 g/mol. The molecule has 0 spiro atoms. The van der Waals surface area contributed by atoms with Gasteiger partial charge in [-0.1, -0.05) is 37.3 Å². The van der Waals surface area contributed by atoms with Crippen molar-refractivity contribution in [1.82, 2.24) is 5.32 Å². The fourth-order valence-corrected chi connectivity index (χ4v) is 2.29. The summed E-state index contributed by atoms with van der Waals surface area (Å²) in [4.78, 5) is 0. The van der Waals surface area contributed by atoms with Crippen molar-refractivity contribution in [2.75, 3.05) is 6.54 Å². The van der Waals surface area contributed by atoms with E-state index in [1.54, 1.807) is 30.3 Å². The van der Waals surface area contributed by atoms with Crippen LogP contribution in [0.15, 0.2) is 48.5 Å². The highest BCUT2D eigenvalue weighted by molar-refractivity contribution is 5.22. The third-order valence-electron chi connectivity index (χ3n) is 3.50. The molecule has 0 heterocycles. The van der Waals surface area contributed by atoms with E-state index in [-0.39, 0.29) is 24.2 Å². The predicted octanol–water partition coefficient (Wildman–Crippen LogP) is 3.74. The van der Waals surface area contributed by atoms with Gasteiger partial charge in [-0.15, -0.1) is 0 Å². The summed E-state index contributed by atoms with van der Waals surface area (Å²) in [6.45, 7) is 2.23. The Labute approximate surface area is 123 Å². The molecular formula is C17H19F2NO. The van der Waals surface area contributed by atoms with E-state index in [4.69, 9.17) is 0 Å². The SMILES string of the molecule is CC[C@@H](NCC(O)c1ccc(F)cc1)c1ccccc1F. The standard InChI is InChI=1S/C17H19F2NO/c1-2-16(14-5-3-4-6-15(14)19)20-11-17(21)12-7-9-13(18)10-8-12/h3-10,16-17,20-21H,2,11H2,1H3/t16-,17?/m1/s1. The van der Waals surface area contributed by atoms with Gasteiger partial charge in [-0.05, 0) is 30.2 Å². The van der Waals surface area contributed by atoms with E-state index >= 15 is 0 Å². The predicted molar refractivity (Wildman–Crippen MR) is 78.8 cm³/mol. The van der Waals surface area contributed by atoms with Crippen molar-refractivity contribution in [3.63, 3.8) is 0 Å². The molecule has 0 aromatic heterocycles. The van der Waals surface area contributed by atoms with Gasteiger partial charge in [0, 0.05) is 18.2 Å². The van der Waals surface area contributed by atoms with E-state index < -0.39 is 6.10 Å². The molecule has 0 saturated carbocycles. The van der Waals surface area contributed by atoms with Gasteiger partial charge in [0.15, 0.2) is 0 Å². The smallest absolute Gasteiger partial charge is 0.127 e. The Morgan fingerprint density at radius 3 is 2.33 bits per heavy atom. The van der Waals surface area contributed by atoms with Crippen molar-refractivity contribution in [3.8, 4) is 0 Å². The number of halogens is 2. The lowest BCUT2D eigenvalue weighted by molar-refractivity contribution is 0.169. The van der Waals surface area contributed by atoms with E-state index in [2.05, 4.69) is 5.32 Å². The summed E-state index contributed by atoms with van der Waals surface area (Å²) in [5.41, 5.74) is 1.22. The molecule has 0 amide bonds. The molecule has 0 aliphatic heterocycles. The summed E-state index contributed by atoms with van der Waals surface area (Å²) in [7, 11) is 0. The van der Waals surface area contributed by atoms with E-state index in [0.717, 1.165) is 0 Å². The van der Waals surface area contributed by atoms with Crippen molar-refractivity contribution < 1.29 is 13.9 Å². The van der Waals surface area contributed by atoms with Crippen LogP contribution in [0.1, 0.15) is 36.6 Å². The maximum Gasteiger partial charge on any atom is 0.127 e. The summed E-state index contributed by atoms with van der Waals surface area (Å²) in [5.74, 6) is -0.593. The molecule has 2 rings (SSSR count). The molecule has 0 bridgehead atoms. The number of benzene rings is 2. The molecule has 2 nitrogen and oxygen atoms in total. The molecule has 0 fully saturated rings. The quantitative estimate of drug-likeness (QED) is 0.850. The first-order chi connectivity index (χ1) is 10.1. The highest BCUT2D eigenvalue weighted by Crippen LogP contribution is 2.21. The van der Waals surface area contributed by atoms with Crippen LogP contribution < -0.4 is 5.32 Å². The number of hydrogen-bond acceptors (Lipinski definition) is 2. The molecule has 0 aliphatic rings. The average Bonchev–Trinajstić information content (AvgIpc) is 2.50. The lowest BCUT2D eigenvalue weighted by atomic mass is 10.0. The van der Waals surface area contributed by atoms with Gasteiger partial charge < -0.3 is 10.4 Å². The van der Waals surface area contributed by atoms with Crippen LogP contribution in [0.2, 0.25) is 0 Å². The van der Waals surface area contributed by atoms with Gasteiger partial charge in [0.05, 0.1) is 6.10 Å². The van der Waals surface area contributed by atoms with Gasteiger partial charge in [0.2, 0.25) is 0 Å². The Bertz CT molecular complexity index is 571. The van der Waals surface area contributed by atoms with Crippen LogP contribution in [-0.4, -0.2) is 11.7 Å². The molecule has 1 unspecified atom stereocenters. The molecule has 112 valence electrons. The summed E-state index contributed by atoms with van der Waals surface area (Å²) in [6, 6.07) is 12.2. The first-order valence-corrected chi connectivity index (χ1v) is 7.03. The first kappa shape index (κ1) is 15.6. The molecule has 4 heteroatoms. The van der Waals surface area contributed by atoms with Crippen LogP contribution >= 0.6 is 0 Å². The maximum absolute atomic E-state index is 13.8. The molecule has 0 saturated heterocycles. The zero-order valence-corrected chi connectivity index (χ0v) is 11.9. The van der Waals surface area contributed by atoms with Crippen LogP contribution in [0.25, 0.3) is 0 Å². The minimum Gasteiger partial charge on any atom is -0.387 e. The largest absolute Gasteiger partial charge is 0.387 e. The van der Waals surface area contributed by atoms with E-state index in [1.807, 2.05) is 6.92 Å². The number of rotatable bonds is 6. The molecule has 0 radical (unpaired) electrons. The third-order valence-corrected chi connectivity index (χ3v) is 3.50. The van der Waals surface area contributed by atoms with E-state index in [9.17, 15) is 13.9 Å². The van der Waals surface area contributed by atoms with E-state index in [0.29, 0.717) is 17.5 Å². The zero-order valence-electron chi connectivity index (χ0n) is 11.9. The minimum atomic E-state index is -0.758. The Kier molecular flexibility index (Phi) is 5.42. The second-order valence-corrected chi connectivity index (χ2v) is 4.96. The van der Waals surface area contributed by atoms with Gasteiger partial charge in [-0.2, -0.15) is 0 Å². The fourth-order valence-electron chi connectivity index (χ4n) is 2.29. The highest BCUT2D eigenvalue weighted by atomic mass is 19.1. The van der Waals surface area contributed by atoms with E-state index in [1.165, 1.54) is 18.2 Å². The van der Waals surface area contributed by atoms with Crippen LogP contribution in [0.3, 0.4) is 0 Å². The lowest BCUT2D eigenvalue weighted by Crippen LogP contribution is -2.26. The van der Waals surface area contributed by atoms with Crippen molar-refractivity contribution >= 4 is 0 Å². The third kappa shape index (κ3) is 4.09. The fraction of sp³-hybridized carbons (Fsp3) is 0.294. The Balaban J connectivity index is 2.00. The molecule has 2 N–H and O–H groups in total. The second-order valence-electron chi connectivity index (χ2n) is 4.96. The second kappa shape index (κ2) is 7.29. The zero-order chi connectivity index (χ0) is 15.2. The van der Waals surface area contributed by atoms with Gasteiger partial charge in [0.1, 0.15) is 11.6 Å². The normalized spacial score (nSPS) is 13.9. The molecule has 2 aromatic rings. The summed E-state index contributed by atoms with van der Waals surface area (Å²) in [5, 5.41) is 13.2. The van der Waals surface area contributed by atoms with Gasteiger partial charge in [-0.3, -0.25) is 0 Å². The molecule has 21 heavy (non-hydrogen) atoms. The number of aliphatic hydroxyl groups excluding tert-OH is 1. The van der Waals surface area contributed by atoms with Crippen LogP contribution in [-0.2, 0) is 0 Å². The maximum atomic E-state index is 13.8. The minimum absolute atomic E-state index is 0.165. The van der Waals surface area contributed by atoms with Crippen molar-refractivity contribution in [2.24, 2.45) is 0 Å². The molecular weight excluding hydrogens is 272 g/mol. The van der Waals surface area contributed by atoms with Crippen LogP contribution in [0, 0.1) is 11.6 Å². The summed E-state index contributed by atoms with van der Waals surface area (Å²) >= 11 is 0. The van der Waals surface area contributed by atoms with Crippen molar-refractivity contribution in [1.29, 1.82) is 0 Å². The molecule has 2 atom stereocenters. The lowest BCUT2D eigenvalue weighted by Gasteiger charge is -2.20. The van der Waals surface area contributed by atoms with Gasteiger partial charge in [0.25, 0.3) is 0 Å². The number of aliphatic hydroxyl groups is 1. The van der Waals surface area contributed by atoms with Gasteiger partial charge in [-0.25, -0.2) is 8.78 Å². The van der Waals surface area contributed by atoms with Crippen molar-refractivity contribution in [3.05, 3.63) is 71.3 Å². The molecule has 2 aromatic carbocycles. The molecule has 0 aliphatic carbocycles. The number of nitrogens with one attached hydrogen (secondary N) is 1. The topological polar surface area (TPSA) is 32.3 Å². The van der Waals surface area contributed by atoms with Crippen LogP contribution in [0.4, 0.5) is 8.78 Å². The summed E-state index contributed by atoms with van der Waals surface area (Å²) < 4.78 is 26.6. The van der Waals surface area contributed by atoms with Crippen molar-refractivity contribution in [2.45, 2.75) is 25.5 Å². The first-order valence-electron chi connectivity index (χ1n) is 7.03. The Hall–Kier alpha value is -1.78. The van der Waals surface area contributed by atoms with Gasteiger partial charge >= 0.3 is 0 Å². The number of hydrogen-bond donors (Lipinski definition) is 2. The Morgan fingerprint density at radius 2 is 1.71 bits per heavy atom.